The second-order valence-corrected chi connectivity index (χ2v) is 6.20. The van der Waals surface area contributed by atoms with E-state index in [1.807, 2.05) is 26.0 Å². The van der Waals surface area contributed by atoms with Crippen molar-refractivity contribution in [3.8, 4) is 5.75 Å². The van der Waals surface area contributed by atoms with Crippen LogP contribution in [-0.2, 0) is 12.8 Å². The number of ether oxygens (including phenoxy) is 1. The van der Waals surface area contributed by atoms with Crippen molar-refractivity contribution in [3.63, 3.8) is 0 Å². The van der Waals surface area contributed by atoms with Crippen LogP contribution in [0, 0.1) is 5.92 Å². The monoisotopic (exact) mass is 281 g/mol. The molecule has 1 aliphatic carbocycles. The summed E-state index contributed by atoms with van der Waals surface area (Å²) in [6.07, 6.45) is 2.37. The molecule has 2 aromatic carbocycles. The molecule has 0 bridgehead atoms. The Kier molecular flexibility index (Phi) is 3.98. The van der Waals surface area contributed by atoms with Crippen LogP contribution in [0.1, 0.15) is 36.6 Å². The zero-order valence-corrected chi connectivity index (χ0v) is 12.8. The number of hydrogen-bond donors (Lipinski definition) is 1. The van der Waals surface area contributed by atoms with Crippen LogP contribution in [0.2, 0.25) is 0 Å². The van der Waals surface area contributed by atoms with Gasteiger partial charge in [-0.25, -0.2) is 0 Å². The molecule has 2 N–H and O–H groups in total. The van der Waals surface area contributed by atoms with Crippen LogP contribution >= 0.6 is 0 Å². The van der Waals surface area contributed by atoms with Gasteiger partial charge in [-0.05, 0) is 61.4 Å². The Labute approximate surface area is 126 Å². The quantitative estimate of drug-likeness (QED) is 0.922. The molecule has 1 aliphatic rings. The average Bonchev–Trinajstić information content (AvgIpc) is 2.90. The van der Waals surface area contributed by atoms with Crippen molar-refractivity contribution in [2.75, 3.05) is 0 Å². The Bertz CT molecular complexity index is 578. The van der Waals surface area contributed by atoms with Crippen LogP contribution in [-0.4, -0.2) is 6.10 Å². The van der Waals surface area contributed by atoms with Gasteiger partial charge in [0.15, 0.2) is 0 Å². The predicted molar refractivity (Wildman–Crippen MR) is 86.5 cm³/mol. The highest BCUT2D eigenvalue weighted by Gasteiger charge is 2.27. The van der Waals surface area contributed by atoms with Crippen LogP contribution in [0.15, 0.2) is 48.5 Å². The number of rotatable bonds is 4. The lowest BCUT2D eigenvalue weighted by atomic mass is 9.91. The van der Waals surface area contributed by atoms with Gasteiger partial charge in [0.25, 0.3) is 0 Å². The first-order chi connectivity index (χ1) is 10.1. The van der Waals surface area contributed by atoms with E-state index in [0.717, 1.165) is 18.6 Å². The highest BCUT2D eigenvalue weighted by atomic mass is 16.5. The van der Waals surface area contributed by atoms with E-state index in [-0.39, 0.29) is 12.1 Å². The van der Waals surface area contributed by atoms with Gasteiger partial charge in [0.1, 0.15) is 5.75 Å². The summed E-state index contributed by atoms with van der Waals surface area (Å²) in [6, 6.07) is 17.0. The van der Waals surface area contributed by atoms with Gasteiger partial charge in [0.2, 0.25) is 0 Å². The fourth-order valence-electron chi connectivity index (χ4n) is 3.16. The lowest BCUT2D eigenvalue weighted by Gasteiger charge is -2.20. The van der Waals surface area contributed by atoms with Gasteiger partial charge in [-0.3, -0.25) is 0 Å². The molecule has 2 nitrogen and oxygen atoms in total. The summed E-state index contributed by atoms with van der Waals surface area (Å²) in [5.41, 5.74) is 10.6. The summed E-state index contributed by atoms with van der Waals surface area (Å²) in [6.45, 7) is 4.07. The standard InChI is InChI=1S/C19H23NO/c1-13(2)21-18-9-7-14(8-10-18)19(20)17-11-15-5-3-4-6-16(15)12-17/h3-10,13,17,19H,11-12,20H2,1-2H3. The summed E-state index contributed by atoms with van der Waals surface area (Å²) in [4.78, 5) is 0. The molecule has 0 aliphatic heterocycles. The average molecular weight is 281 g/mol. The van der Waals surface area contributed by atoms with E-state index >= 15 is 0 Å². The van der Waals surface area contributed by atoms with E-state index in [9.17, 15) is 0 Å². The van der Waals surface area contributed by atoms with Gasteiger partial charge in [-0.1, -0.05) is 36.4 Å². The van der Waals surface area contributed by atoms with Crippen LogP contribution in [0.25, 0.3) is 0 Å². The molecule has 2 aromatic rings. The molecule has 0 saturated heterocycles. The highest BCUT2D eigenvalue weighted by Crippen LogP contribution is 2.34. The molecule has 0 aromatic heterocycles. The number of fused-ring (bicyclic) bond motifs is 1. The minimum absolute atomic E-state index is 0.0884. The van der Waals surface area contributed by atoms with Crippen LogP contribution in [0.3, 0.4) is 0 Å². The van der Waals surface area contributed by atoms with E-state index in [1.165, 1.54) is 16.7 Å². The molecule has 0 saturated carbocycles. The second kappa shape index (κ2) is 5.90. The van der Waals surface area contributed by atoms with Crippen molar-refractivity contribution in [1.82, 2.24) is 0 Å². The Morgan fingerprint density at radius 2 is 1.52 bits per heavy atom. The molecule has 0 amide bonds. The molecule has 1 unspecified atom stereocenters. The molecule has 3 rings (SSSR count). The maximum Gasteiger partial charge on any atom is 0.119 e. The Hall–Kier alpha value is -1.80. The molecule has 110 valence electrons. The summed E-state index contributed by atoms with van der Waals surface area (Å²) in [5.74, 6) is 1.41. The Balaban J connectivity index is 1.70. The molecule has 0 spiro atoms. The van der Waals surface area contributed by atoms with Gasteiger partial charge in [0.05, 0.1) is 6.10 Å². The number of benzene rings is 2. The molecule has 0 fully saturated rings. The summed E-state index contributed by atoms with van der Waals surface area (Å²) in [5, 5.41) is 0. The first-order valence-corrected chi connectivity index (χ1v) is 7.72. The van der Waals surface area contributed by atoms with E-state index < -0.39 is 0 Å². The molecule has 0 heterocycles. The van der Waals surface area contributed by atoms with Gasteiger partial charge in [-0.2, -0.15) is 0 Å². The van der Waals surface area contributed by atoms with Gasteiger partial charge in [-0.15, -0.1) is 0 Å². The highest BCUT2D eigenvalue weighted by molar-refractivity contribution is 5.35. The smallest absolute Gasteiger partial charge is 0.119 e. The third-order valence-electron chi connectivity index (χ3n) is 4.23. The second-order valence-electron chi connectivity index (χ2n) is 6.20. The zero-order valence-electron chi connectivity index (χ0n) is 12.8. The molecular formula is C19H23NO. The van der Waals surface area contributed by atoms with Crippen molar-refractivity contribution in [2.45, 2.75) is 38.8 Å². The van der Waals surface area contributed by atoms with Crippen molar-refractivity contribution >= 4 is 0 Å². The predicted octanol–water partition coefficient (Wildman–Crippen LogP) is 3.89. The zero-order chi connectivity index (χ0) is 14.8. The topological polar surface area (TPSA) is 35.2 Å². The lowest BCUT2D eigenvalue weighted by molar-refractivity contribution is 0.242. The SMILES string of the molecule is CC(C)Oc1ccc(C(N)C2Cc3ccccc3C2)cc1. The maximum absolute atomic E-state index is 6.49. The van der Waals surface area contributed by atoms with Crippen LogP contribution in [0.5, 0.6) is 5.75 Å². The number of nitrogens with two attached hydrogens (primary N) is 1. The minimum Gasteiger partial charge on any atom is -0.491 e. The number of hydrogen-bond acceptors (Lipinski definition) is 2. The van der Waals surface area contributed by atoms with Crippen molar-refractivity contribution in [3.05, 3.63) is 65.2 Å². The largest absolute Gasteiger partial charge is 0.491 e. The minimum atomic E-state index is 0.0884. The van der Waals surface area contributed by atoms with Gasteiger partial charge >= 0.3 is 0 Å². The normalized spacial score (nSPS) is 16.0. The Morgan fingerprint density at radius 3 is 2.05 bits per heavy atom. The van der Waals surface area contributed by atoms with E-state index in [1.54, 1.807) is 0 Å². The van der Waals surface area contributed by atoms with Crippen LogP contribution < -0.4 is 10.5 Å². The first kappa shape index (κ1) is 14.2. The third kappa shape index (κ3) is 3.11. The molecule has 21 heavy (non-hydrogen) atoms. The summed E-state index contributed by atoms with van der Waals surface area (Å²) in [7, 11) is 0. The van der Waals surface area contributed by atoms with E-state index in [0.29, 0.717) is 5.92 Å². The van der Waals surface area contributed by atoms with Crippen molar-refractivity contribution < 1.29 is 4.74 Å². The Morgan fingerprint density at radius 1 is 0.952 bits per heavy atom. The summed E-state index contributed by atoms with van der Waals surface area (Å²) < 4.78 is 5.68. The van der Waals surface area contributed by atoms with Crippen molar-refractivity contribution in [2.24, 2.45) is 11.7 Å². The fraction of sp³-hybridized carbons (Fsp3) is 0.368. The molecule has 1 atom stereocenters. The summed E-state index contributed by atoms with van der Waals surface area (Å²) >= 11 is 0. The lowest BCUT2D eigenvalue weighted by Crippen LogP contribution is -2.21. The van der Waals surface area contributed by atoms with E-state index in [4.69, 9.17) is 10.5 Å². The third-order valence-corrected chi connectivity index (χ3v) is 4.23. The maximum atomic E-state index is 6.49. The van der Waals surface area contributed by atoms with Crippen molar-refractivity contribution in [1.29, 1.82) is 0 Å². The van der Waals surface area contributed by atoms with Gasteiger partial charge < -0.3 is 10.5 Å². The molecular weight excluding hydrogens is 258 g/mol. The van der Waals surface area contributed by atoms with Crippen LogP contribution in [0.4, 0.5) is 0 Å². The fourth-order valence-corrected chi connectivity index (χ4v) is 3.16. The van der Waals surface area contributed by atoms with Gasteiger partial charge in [0, 0.05) is 6.04 Å². The molecule has 0 radical (unpaired) electrons. The van der Waals surface area contributed by atoms with E-state index in [2.05, 4.69) is 36.4 Å². The first-order valence-electron chi connectivity index (χ1n) is 7.72. The molecule has 2 heteroatoms.